The number of aryl methyl sites for hydroxylation is 1. The van der Waals surface area contributed by atoms with Gasteiger partial charge in [0.15, 0.2) is 0 Å². The molecule has 3 rings (SSSR count). The minimum Gasteiger partial charge on any atom is -0.367 e. The SMILES string of the molecule is Cl.Cl.Cn1cc([C@H]2CNC[C@@H]2C(=O)NCCNc2cnccn2)cn1. The minimum absolute atomic E-state index is 0. The number of nitrogens with one attached hydrogen (secondary N) is 3. The quantitative estimate of drug-likeness (QED) is 0.627. The Morgan fingerprint density at radius 1 is 1.28 bits per heavy atom. The van der Waals surface area contributed by atoms with E-state index in [0.717, 1.165) is 12.1 Å². The van der Waals surface area contributed by atoms with E-state index >= 15 is 0 Å². The molecule has 10 heteroatoms. The number of halogens is 2. The summed E-state index contributed by atoms with van der Waals surface area (Å²) in [5.74, 6) is 0.898. The van der Waals surface area contributed by atoms with Crippen LogP contribution in [-0.4, -0.2) is 51.8 Å². The Balaban J connectivity index is 0.00000156. The first-order chi connectivity index (χ1) is 11.2. The van der Waals surface area contributed by atoms with Crippen LogP contribution in [0.5, 0.6) is 0 Å². The third-order valence-electron chi connectivity index (χ3n) is 4.00. The number of hydrogen-bond donors (Lipinski definition) is 3. The van der Waals surface area contributed by atoms with Crippen molar-refractivity contribution >= 4 is 36.5 Å². The van der Waals surface area contributed by atoms with Gasteiger partial charge in [-0.25, -0.2) is 4.98 Å². The predicted molar refractivity (Wildman–Crippen MR) is 100 cm³/mol. The molecule has 0 spiro atoms. The molecule has 1 aliphatic rings. The molecule has 0 saturated carbocycles. The average Bonchev–Trinajstić information content (AvgIpc) is 3.21. The number of carbonyl (C=O) groups is 1. The third-order valence-corrected chi connectivity index (χ3v) is 4.00. The minimum atomic E-state index is -0.0595. The van der Waals surface area contributed by atoms with Crippen molar-refractivity contribution in [2.45, 2.75) is 5.92 Å². The van der Waals surface area contributed by atoms with E-state index in [2.05, 4.69) is 31.0 Å². The lowest BCUT2D eigenvalue weighted by Gasteiger charge is -2.17. The van der Waals surface area contributed by atoms with Crippen molar-refractivity contribution in [3.63, 3.8) is 0 Å². The molecule has 0 aromatic carbocycles. The number of nitrogens with zero attached hydrogens (tertiary/aromatic N) is 4. The number of aromatic nitrogens is 4. The molecule has 1 fully saturated rings. The van der Waals surface area contributed by atoms with E-state index in [9.17, 15) is 4.79 Å². The Hall–Kier alpha value is -1.90. The summed E-state index contributed by atoms with van der Waals surface area (Å²) in [6, 6.07) is 0. The molecular formula is C15H23Cl2N7O. The molecule has 0 radical (unpaired) electrons. The van der Waals surface area contributed by atoms with Gasteiger partial charge in [-0.1, -0.05) is 0 Å². The lowest BCUT2D eigenvalue weighted by atomic mass is 9.90. The molecule has 0 aliphatic carbocycles. The van der Waals surface area contributed by atoms with E-state index in [1.54, 1.807) is 23.3 Å². The van der Waals surface area contributed by atoms with Gasteiger partial charge in [0.05, 0.1) is 18.3 Å². The van der Waals surface area contributed by atoms with Crippen molar-refractivity contribution < 1.29 is 4.79 Å². The maximum atomic E-state index is 12.4. The van der Waals surface area contributed by atoms with E-state index in [-0.39, 0.29) is 42.6 Å². The van der Waals surface area contributed by atoms with Gasteiger partial charge in [-0.05, 0) is 5.56 Å². The maximum Gasteiger partial charge on any atom is 0.225 e. The summed E-state index contributed by atoms with van der Waals surface area (Å²) in [4.78, 5) is 20.5. The van der Waals surface area contributed by atoms with Crippen molar-refractivity contribution in [2.24, 2.45) is 13.0 Å². The first-order valence-electron chi connectivity index (χ1n) is 7.71. The van der Waals surface area contributed by atoms with Crippen LogP contribution in [0, 0.1) is 5.92 Å². The van der Waals surface area contributed by atoms with E-state index < -0.39 is 0 Å². The van der Waals surface area contributed by atoms with Crippen molar-refractivity contribution in [3.05, 3.63) is 36.5 Å². The summed E-state index contributed by atoms with van der Waals surface area (Å²) in [6.07, 6.45) is 8.73. The predicted octanol–water partition coefficient (Wildman–Crippen LogP) is 0.585. The van der Waals surface area contributed by atoms with Crippen LogP contribution in [0.25, 0.3) is 0 Å². The molecule has 8 nitrogen and oxygen atoms in total. The molecule has 2 atom stereocenters. The lowest BCUT2D eigenvalue weighted by molar-refractivity contribution is -0.124. The van der Waals surface area contributed by atoms with E-state index in [1.165, 1.54) is 0 Å². The van der Waals surface area contributed by atoms with Gasteiger partial charge >= 0.3 is 0 Å². The van der Waals surface area contributed by atoms with Gasteiger partial charge in [0.2, 0.25) is 5.91 Å². The van der Waals surface area contributed by atoms with Crippen molar-refractivity contribution in [2.75, 3.05) is 31.5 Å². The van der Waals surface area contributed by atoms with Crippen LogP contribution in [0.4, 0.5) is 5.82 Å². The fourth-order valence-corrected chi connectivity index (χ4v) is 2.83. The topological polar surface area (TPSA) is 96.8 Å². The average molecular weight is 388 g/mol. The van der Waals surface area contributed by atoms with Gasteiger partial charge in [-0.2, -0.15) is 5.10 Å². The van der Waals surface area contributed by atoms with Crippen LogP contribution in [0.1, 0.15) is 11.5 Å². The molecule has 3 heterocycles. The van der Waals surface area contributed by atoms with E-state index in [1.807, 2.05) is 19.4 Å². The van der Waals surface area contributed by atoms with Crippen molar-refractivity contribution in [1.82, 2.24) is 30.4 Å². The molecular weight excluding hydrogens is 365 g/mol. The van der Waals surface area contributed by atoms with Crippen LogP contribution < -0.4 is 16.0 Å². The zero-order chi connectivity index (χ0) is 16.1. The van der Waals surface area contributed by atoms with E-state index in [4.69, 9.17) is 0 Å². The zero-order valence-corrected chi connectivity index (χ0v) is 15.5. The first-order valence-corrected chi connectivity index (χ1v) is 7.71. The van der Waals surface area contributed by atoms with Crippen LogP contribution in [0.2, 0.25) is 0 Å². The van der Waals surface area contributed by atoms with Crippen molar-refractivity contribution in [1.29, 1.82) is 0 Å². The highest BCUT2D eigenvalue weighted by Gasteiger charge is 2.34. The molecule has 1 aliphatic heterocycles. The molecule has 0 unspecified atom stereocenters. The largest absolute Gasteiger partial charge is 0.367 e. The van der Waals surface area contributed by atoms with E-state index in [0.29, 0.717) is 25.5 Å². The number of hydrogen-bond acceptors (Lipinski definition) is 6. The van der Waals surface area contributed by atoms with Gasteiger partial charge in [0, 0.05) is 57.7 Å². The van der Waals surface area contributed by atoms with Gasteiger partial charge in [-0.3, -0.25) is 14.5 Å². The summed E-state index contributed by atoms with van der Waals surface area (Å²) < 4.78 is 1.77. The maximum absolute atomic E-state index is 12.4. The molecule has 1 amide bonds. The summed E-state index contributed by atoms with van der Waals surface area (Å²) >= 11 is 0. The number of amides is 1. The lowest BCUT2D eigenvalue weighted by Crippen LogP contribution is -2.36. The van der Waals surface area contributed by atoms with Gasteiger partial charge in [-0.15, -0.1) is 24.8 Å². The highest BCUT2D eigenvalue weighted by Crippen LogP contribution is 2.27. The second kappa shape index (κ2) is 10.2. The Morgan fingerprint density at radius 3 is 2.80 bits per heavy atom. The molecule has 2 aromatic rings. The van der Waals surface area contributed by atoms with Crippen LogP contribution >= 0.6 is 24.8 Å². The summed E-state index contributed by atoms with van der Waals surface area (Å²) in [6.45, 7) is 2.67. The second-order valence-corrected chi connectivity index (χ2v) is 5.63. The Morgan fingerprint density at radius 2 is 2.12 bits per heavy atom. The highest BCUT2D eigenvalue weighted by molar-refractivity contribution is 5.85. The Bertz CT molecular complexity index is 652. The smallest absolute Gasteiger partial charge is 0.225 e. The molecule has 2 aromatic heterocycles. The van der Waals surface area contributed by atoms with Gasteiger partial charge in [0.1, 0.15) is 5.82 Å². The fourth-order valence-electron chi connectivity index (χ4n) is 2.83. The first kappa shape index (κ1) is 21.1. The highest BCUT2D eigenvalue weighted by atomic mass is 35.5. The Labute approximate surface area is 159 Å². The van der Waals surface area contributed by atoms with Gasteiger partial charge < -0.3 is 16.0 Å². The number of anilines is 1. The molecule has 25 heavy (non-hydrogen) atoms. The standard InChI is InChI=1S/C15H21N7O.2ClH/c1-22-10-11(6-21-22)12-7-17-8-13(12)15(23)20-5-4-19-14-9-16-2-3-18-14;;/h2-3,6,9-10,12-13,17H,4-5,7-8H2,1H3,(H,18,19)(H,20,23);2*1H/t12-,13+;;/m1../s1. The van der Waals surface area contributed by atoms with Crippen LogP contribution in [0.3, 0.4) is 0 Å². The molecule has 1 saturated heterocycles. The summed E-state index contributed by atoms with van der Waals surface area (Å²) in [5.41, 5.74) is 1.11. The normalized spacial score (nSPS) is 18.8. The van der Waals surface area contributed by atoms with Crippen LogP contribution in [0.15, 0.2) is 31.0 Å². The number of carbonyl (C=O) groups excluding carboxylic acids is 1. The summed E-state index contributed by atoms with van der Waals surface area (Å²) in [5, 5.41) is 13.6. The zero-order valence-electron chi connectivity index (χ0n) is 13.9. The van der Waals surface area contributed by atoms with Crippen LogP contribution in [-0.2, 0) is 11.8 Å². The Kier molecular flexibility index (Phi) is 8.60. The molecule has 138 valence electrons. The molecule has 0 bridgehead atoms. The molecule has 3 N–H and O–H groups in total. The monoisotopic (exact) mass is 387 g/mol. The van der Waals surface area contributed by atoms with Crippen molar-refractivity contribution in [3.8, 4) is 0 Å². The second-order valence-electron chi connectivity index (χ2n) is 5.63. The fraction of sp³-hybridized carbons (Fsp3) is 0.467. The number of rotatable bonds is 6. The third kappa shape index (κ3) is 5.55. The van der Waals surface area contributed by atoms with Gasteiger partial charge in [0.25, 0.3) is 0 Å². The summed E-state index contributed by atoms with van der Waals surface area (Å²) in [7, 11) is 1.89.